The van der Waals surface area contributed by atoms with Crippen LogP contribution < -0.4 is 5.32 Å². The van der Waals surface area contributed by atoms with Crippen LogP contribution in [0.1, 0.15) is 33.3 Å². The number of carbonyl (C=O) groups excluding carboxylic acids is 1. The van der Waals surface area contributed by atoms with Crippen LogP contribution in [0.3, 0.4) is 0 Å². The Bertz CT molecular complexity index is 609. The maximum Gasteiger partial charge on any atom is 0.261 e. The lowest BCUT2D eigenvalue weighted by atomic mass is 10.3. The first-order valence-electron chi connectivity index (χ1n) is 5.56. The zero-order chi connectivity index (χ0) is 13.7. The lowest BCUT2D eigenvalue weighted by molar-refractivity contribution is 0.0942. The number of aromatic nitrogens is 3. The number of aliphatic hydroxyl groups excluding tert-OH is 1. The fraction of sp³-hybridized carbons (Fsp3) is 0.250. The largest absolute Gasteiger partial charge is 0.384 e. The van der Waals surface area contributed by atoms with Gasteiger partial charge < -0.3 is 10.4 Å². The van der Waals surface area contributed by atoms with Gasteiger partial charge in [-0.3, -0.25) is 9.89 Å². The third-order valence-electron chi connectivity index (χ3n) is 2.31. The third-order valence-corrected chi connectivity index (χ3v) is 3.31. The van der Waals surface area contributed by atoms with E-state index in [1.807, 2.05) is 6.92 Å². The summed E-state index contributed by atoms with van der Waals surface area (Å²) in [5.41, 5.74) is 0. The van der Waals surface area contributed by atoms with E-state index >= 15 is 0 Å². The average molecular weight is 276 g/mol. The summed E-state index contributed by atoms with van der Waals surface area (Å²) >= 11 is 1.28. The Hall–Kier alpha value is -2.17. The molecule has 0 saturated carbocycles. The van der Waals surface area contributed by atoms with Gasteiger partial charge in [-0.1, -0.05) is 11.8 Å². The molecule has 0 spiro atoms. The maximum absolute atomic E-state index is 12.0. The molecular weight excluding hydrogens is 264 g/mol. The number of aliphatic hydroxyl groups is 1. The molecule has 0 saturated heterocycles. The number of hydrogen-bond acceptors (Lipinski definition) is 5. The lowest BCUT2D eigenvalue weighted by Gasteiger charge is -2.09. The fourth-order valence-corrected chi connectivity index (χ4v) is 2.20. The quantitative estimate of drug-likeness (QED) is 0.720. The molecule has 2 aromatic heterocycles. The molecule has 98 valence electrons. The molecule has 19 heavy (non-hydrogen) atoms. The molecule has 1 amide bonds. The Morgan fingerprint density at radius 3 is 3.16 bits per heavy atom. The minimum Gasteiger partial charge on any atom is -0.384 e. The molecule has 0 aliphatic heterocycles. The van der Waals surface area contributed by atoms with E-state index in [-0.39, 0.29) is 18.6 Å². The van der Waals surface area contributed by atoms with Gasteiger partial charge in [0.05, 0.1) is 15.8 Å². The molecular formula is C12H12N4O2S. The number of rotatable bonds is 3. The molecule has 2 aromatic rings. The van der Waals surface area contributed by atoms with Gasteiger partial charge in [0.25, 0.3) is 5.91 Å². The van der Waals surface area contributed by atoms with Gasteiger partial charge in [0, 0.05) is 0 Å². The zero-order valence-electron chi connectivity index (χ0n) is 10.2. The first kappa shape index (κ1) is 13.3. The van der Waals surface area contributed by atoms with Gasteiger partial charge in [-0.25, -0.2) is 4.98 Å². The van der Waals surface area contributed by atoms with Crippen molar-refractivity contribution in [3.63, 3.8) is 0 Å². The minimum atomic E-state index is -0.246. The van der Waals surface area contributed by atoms with Crippen molar-refractivity contribution in [3.8, 4) is 11.8 Å². The summed E-state index contributed by atoms with van der Waals surface area (Å²) in [5, 5.41) is 17.9. The normalized spacial score (nSPS) is 11.5. The van der Waals surface area contributed by atoms with Crippen LogP contribution in [0.2, 0.25) is 0 Å². The zero-order valence-corrected chi connectivity index (χ0v) is 11.0. The lowest BCUT2D eigenvalue weighted by Crippen LogP contribution is -2.26. The second-order valence-corrected chi connectivity index (χ2v) is 4.77. The van der Waals surface area contributed by atoms with Crippen molar-refractivity contribution < 1.29 is 9.90 Å². The number of hydrogen-bond donors (Lipinski definition) is 3. The van der Waals surface area contributed by atoms with E-state index in [0.717, 1.165) is 4.88 Å². The number of amides is 1. The Kier molecular flexibility index (Phi) is 4.28. The molecule has 0 aromatic carbocycles. The Morgan fingerprint density at radius 1 is 1.63 bits per heavy atom. The number of thiophene rings is 1. The van der Waals surface area contributed by atoms with Crippen LogP contribution >= 0.6 is 11.3 Å². The van der Waals surface area contributed by atoms with Gasteiger partial charge in [0.1, 0.15) is 18.8 Å². The molecule has 0 aliphatic rings. The molecule has 1 atom stereocenters. The van der Waals surface area contributed by atoms with Crippen LogP contribution in [0, 0.1) is 11.8 Å². The second-order valence-electron chi connectivity index (χ2n) is 3.69. The number of nitrogens with zero attached hydrogens (tertiary/aromatic N) is 2. The Balaban J connectivity index is 2.02. The van der Waals surface area contributed by atoms with Crippen molar-refractivity contribution >= 4 is 17.2 Å². The number of nitrogens with one attached hydrogen (secondary N) is 2. The predicted molar refractivity (Wildman–Crippen MR) is 70.5 cm³/mol. The van der Waals surface area contributed by atoms with Crippen LogP contribution in [0.5, 0.6) is 0 Å². The van der Waals surface area contributed by atoms with E-state index in [2.05, 4.69) is 32.3 Å². The molecule has 0 radical (unpaired) electrons. The van der Waals surface area contributed by atoms with Crippen molar-refractivity contribution in [2.45, 2.75) is 13.0 Å². The number of aromatic amines is 1. The van der Waals surface area contributed by atoms with Gasteiger partial charge in [-0.05, 0) is 19.1 Å². The number of H-pyrrole nitrogens is 1. The fourth-order valence-electron chi connectivity index (χ4n) is 1.41. The second kappa shape index (κ2) is 6.13. The maximum atomic E-state index is 12.0. The van der Waals surface area contributed by atoms with Gasteiger partial charge in [-0.2, -0.15) is 5.10 Å². The highest BCUT2D eigenvalue weighted by Gasteiger charge is 2.14. The van der Waals surface area contributed by atoms with Gasteiger partial charge in [0.15, 0.2) is 0 Å². The summed E-state index contributed by atoms with van der Waals surface area (Å²) in [6.45, 7) is 1.63. The van der Waals surface area contributed by atoms with Crippen molar-refractivity contribution in [3.05, 3.63) is 34.0 Å². The summed E-state index contributed by atoms with van der Waals surface area (Å²) in [6, 6.07) is 3.21. The molecule has 0 fully saturated rings. The highest BCUT2D eigenvalue weighted by Crippen LogP contribution is 2.16. The summed E-state index contributed by atoms with van der Waals surface area (Å²) in [7, 11) is 0. The summed E-state index contributed by atoms with van der Waals surface area (Å²) < 4.78 is 0. The van der Waals surface area contributed by atoms with E-state index in [1.54, 1.807) is 12.1 Å². The van der Waals surface area contributed by atoms with Crippen LogP contribution in [0.15, 0.2) is 18.5 Å². The molecule has 1 unspecified atom stereocenters. The highest BCUT2D eigenvalue weighted by molar-refractivity contribution is 7.14. The number of carbonyl (C=O) groups is 1. The van der Waals surface area contributed by atoms with Crippen LogP contribution in [0.25, 0.3) is 0 Å². The summed E-state index contributed by atoms with van der Waals surface area (Å²) in [5.74, 6) is 5.71. The van der Waals surface area contributed by atoms with E-state index in [0.29, 0.717) is 10.7 Å². The van der Waals surface area contributed by atoms with Crippen molar-refractivity contribution in [1.82, 2.24) is 20.5 Å². The van der Waals surface area contributed by atoms with Gasteiger partial charge in [0.2, 0.25) is 0 Å². The SMILES string of the molecule is CC(NC(=O)c1ccc(C#CCO)s1)c1ncn[nH]1. The topological polar surface area (TPSA) is 90.9 Å². The molecule has 7 heteroatoms. The molecule has 2 heterocycles. The van der Waals surface area contributed by atoms with E-state index < -0.39 is 0 Å². The first-order valence-corrected chi connectivity index (χ1v) is 6.38. The predicted octanol–water partition coefficient (Wildman–Crippen LogP) is 0.701. The first-order chi connectivity index (χ1) is 9.20. The van der Waals surface area contributed by atoms with Crippen LogP contribution in [-0.2, 0) is 0 Å². The molecule has 0 bridgehead atoms. The smallest absolute Gasteiger partial charge is 0.261 e. The Labute approximate surface area is 113 Å². The average Bonchev–Trinajstić information content (AvgIpc) is 3.07. The Morgan fingerprint density at radius 2 is 2.47 bits per heavy atom. The van der Waals surface area contributed by atoms with Crippen molar-refractivity contribution in [2.24, 2.45) is 0 Å². The molecule has 2 rings (SSSR count). The van der Waals surface area contributed by atoms with Crippen molar-refractivity contribution in [2.75, 3.05) is 6.61 Å². The van der Waals surface area contributed by atoms with E-state index in [9.17, 15) is 4.79 Å². The van der Waals surface area contributed by atoms with Gasteiger partial charge in [-0.15, -0.1) is 11.3 Å². The van der Waals surface area contributed by atoms with Crippen molar-refractivity contribution in [1.29, 1.82) is 0 Å². The van der Waals surface area contributed by atoms with Crippen LogP contribution in [-0.4, -0.2) is 32.8 Å². The third kappa shape index (κ3) is 3.40. The molecule has 6 nitrogen and oxygen atoms in total. The summed E-state index contributed by atoms with van der Waals surface area (Å²) in [4.78, 5) is 17.3. The monoisotopic (exact) mass is 276 g/mol. The van der Waals surface area contributed by atoms with E-state index in [1.165, 1.54) is 17.7 Å². The molecule has 3 N–H and O–H groups in total. The van der Waals surface area contributed by atoms with Gasteiger partial charge >= 0.3 is 0 Å². The highest BCUT2D eigenvalue weighted by atomic mass is 32.1. The molecule has 0 aliphatic carbocycles. The van der Waals surface area contributed by atoms with E-state index in [4.69, 9.17) is 5.11 Å². The standard InChI is InChI=1S/C12H12N4O2S/c1-8(11-13-7-14-16-11)15-12(18)10-5-4-9(19-10)3-2-6-17/h4-5,7-8,17H,6H2,1H3,(H,15,18)(H,13,14,16). The minimum absolute atomic E-state index is 0.189. The summed E-state index contributed by atoms with van der Waals surface area (Å²) in [6.07, 6.45) is 1.39. The van der Waals surface area contributed by atoms with Crippen LogP contribution in [0.4, 0.5) is 0 Å².